The molecule has 0 amide bonds. The van der Waals surface area contributed by atoms with E-state index in [0.717, 1.165) is 12.1 Å². The molecule has 114 valence electrons. The molecule has 0 heterocycles. The molecule has 4 heteroatoms. The van der Waals surface area contributed by atoms with Crippen molar-refractivity contribution in [1.29, 1.82) is 0 Å². The molecule has 0 atom stereocenters. The fourth-order valence-corrected chi connectivity index (χ4v) is 3.53. The van der Waals surface area contributed by atoms with Gasteiger partial charge in [-0.1, -0.05) is 6.07 Å². The maximum atomic E-state index is 11.0. The first kappa shape index (κ1) is 14.4. The summed E-state index contributed by atoms with van der Waals surface area (Å²) >= 11 is 0. The molecular formula is C17H23NO3. The lowest BCUT2D eigenvalue weighted by Crippen LogP contribution is -2.41. The fraction of sp³-hybridized carbons (Fsp3) is 0.588. The molecule has 1 fully saturated rings. The van der Waals surface area contributed by atoms with Gasteiger partial charge >= 0.3 is 5.97 Å². The van der Waals surface area contributed by atoms with Crippen LogP contribution in [0.5, 0.6) is 0 Å². The first-order valence-electron chi connectivity index (χ1n) is 7.87. The Kier molecular flexibility index (Phi) is 3.89. The third kappa shape index (κ3) is 3.21. The second-order valence-corrected chi connectivity index (χ2v) is 6.53. The number of aliphatic carboxylic acids is 1. The van der Waals surface area contributed by atoms with E-state index in [1.165, 1.54) is 24.0 Å². The molecule has 2 aliphatic carbocycles. The minimum absolute atomic E-state index is 0.287. The number of benzene rings is 1. The second-order valence-electron chi connectivity index (χ2n) is 6.53. The number of hydrogen-bond donors (Lipinski definition) is 3. The van der Waals surface area contributed by atoms with Crippen LogP contribution < -0.4 is 5.32 Å². The van der Waals surface area contributed by atoms with E-state index in [9.17, 15) is 9.90 Å². The molecule has 0 bridgehead atoms. The molecule has 0 spiro atoms. The lowest BCUT2D eigenvalue weighted by atomic mass is 9.79. The van der Waals surface area contributed by atoms with Crippen LogP contribution in [0.25, 0.3) is 0 Å². The van der Waals surface area contributed by atoms with E-state index in [1.807, 2.05) is 0 Å². The number of nitrogens with one attached hydrogen (secondary N) is 1. The van der Waals surface area contributed by atoms with Gasteiger partial charge in [-0.3, -0.25) is 4.79 Å². The topological polar surface area (TPSA) is 69.6 Å². The molecule has 2 aliphatic rings. The molecule has 0 aromatic heterocycles. The first-order chi connectivity index (χ1) is 10.1. The van der Waals surface area contributed by atoms with Gasteiger partial charge in [-0.25, -0.2) is 0 Å². The van der Waals surface area contributed by atoms with Gasteiger partial charge in [-0.15, -0.1) is 0 Å². The van der Waals surface area contributed by atoms with Crippen molar-refractivity contribution in [2.75, 3.05) is 11.9 Å². The highest BCUT2D eigenvalue weighted by molar-refractivity contribution is 5.70. The molecule has 1 saturated carbocycles. The lowest BCUT2D eigenvalue weighted by molar-refractivity contribution is -0.144. The Labute approximate surface area is 125 Å². The molecular weight excluding hydrogens is 266 g/mol. The Morgan fingerprint density at radius 1 is 1.24 bits per heavy atom. The molecule has 0 aliphatic heterocycles. The van der Waals surface area contributed by atoms with E-state index in [1.54, 1.807) is 0 Å². The zero-order chi connectivity index (χ0) is 14.9. The van der Waals surface area contributed by atoms with Crippen molar-refractivity contribution in [2.24, 2.45) is 5.92 Å². The molecule has 21 heavy (non-hydrogen) atoms. The number of anilines is 1. The zero-order valence-corrected chi connectivity index (χ0v) is 12.3. The maximum Gasteiger partial charge on any atom is 0.306 e. The van der Waals surface area contributed by atoms with Gasteiger partial charge in [-0.05, 0) is 68.2 Å². The number of aryl methyl sites for hydroxylation is 2. The summed E-state index contributed by atoms with van der Waals surface area (Å²) in [6.07, 6.45) is 5.81. The SMILES string of the molecule is O=C(O)C1CCC(O)(CNc2ccc3c(c2)CCC3)CC1. The number of aliphatic hydroxyl groups is 1. The predicted octanol–water partition coefficient (Wildman–Crippen LogP) is 2.59. The van der Waals surface area contributed by atoms with Gasteiger partial charge in [0.15, 0.2) is 0 Å². The van der Waals surface area contributed by atoms with E-state index in [-0.39, 0.29) is 5.92 Å². The van der Waals surface area contributed by atoms with Crippen LogP contribution in [-0.4, -0.2) is 28.3 Å². The van der Waals surface area contributed by atoms with Crippen LogP contribution >= 0.6 is 0 Å². The molecule has 1 aromatic carbocycles. The van der Waals surface area contributed by atoms with Crippen molar-refractivity contribution >= 4 is 11.7 Å². The molecule has 3 N–H and O–H groups in total. The quantitative estimate of drug-likeness (QED) is 0.797. The van der Waals surface area contributed by atoms with Crippen molar-refractivity contribution in [2.45, 2.75) is 50.5 Å². The highest BCUT2D eigenvalue weighted by atomic mass is 16.4. The smallest absolute Gasteiger partial charge is 0.306 e. The highest BCUT2D eigenvalue weighted by Gasteiger charge is 2.35. The minimum atomic E-state index is -0.773. The number of hydrogen-bond acceptors (Lipinski definition) is 3. The number of carboxylic acids is 1. The molecule has 0 saturated heterocycles. The lowest BCUT2D eigenvalue weighted by Gasteiger charge is -2.35. The molecule has 4 nitrogen and oxygen atoms in total. The molecule has 0 radical (unpaired) electrons. The minimum Gasteiger partial charge on any atom is -0.481 e. The fourth-order valence-electron chi connectivity index (χ4n) is 3.53. The van der Waals surface area contributed by atoms with Crippen LogP contribution in [0.2, 0.25) is 0 Å². The zero-order valence-electron chi connectivity index (χ0n) is 12.3. The van der Waals surface area contributed by atoms with E-state index < -0.39 is 11.6 Å². The van der Waals surface area contributed by atoms with Crippen molar-refractivity contribution < 1.29 is 15.0 Å². The monoisotopic (exact) mass is 289 g/mol. The summed E-state index contributed by atoms with van der Waals surface area (Å²) in [6, 6.07) is 6.45. The highest BCUT2D eigenvalue weighted by Crippen LogP contribution is 2.33. The van der Waals surface area contributed by atoms with Crippen molar-refractivity contribution in [1.82, 2.24) is 0 Å². The molecule has 0 unspecified atom stereocenters. The Hall–Kier alpha value is -1.55. The van der Waals surface area contributed by atoms with Crippen molar-refractivity contribution in [3.05, 3.63) is 29.3 Å². The standard InChI is InChI=1S/C17H23NO3/c19-16(20)13-6-8-17(21,9-7-13)11-18-15-5-4-12-2-1-3-14(12)10-15/h4-5,10,13,18,21H,1-3,6-9,11H2,(H,19,20). The van der Waals surface area contributed by atoms with Gasteiger partial charge in [0.05, 0.1) is 11.5 Å². The predicted molar refractivity (Wildman–Crippen MR) is 81.5 cm³/mol. The summed E-state index contributed by atoms with van der Waals surface area (Å²) in [4.78, 5) is 11.0. The van der Waals surface area contributed by atoms with Crippen LogP contribution in [0.15, 0.2) is 18.2 Å². The summed E-state index contributed by atoms with van der Waals surface area (Å²) in [7, 11) is 0. The van der Waals surface area contributed by atoms with Crippen LogP contribution in [0.4, 0.5) is 5.69 Å². The van der Waals surface area contributed by atoms with E-state index >= 15 is 0 Å². The Bertz CT molecular complexity index is 533. The maximum absolute atomic E-state index is 11.0. The summed E-state index contributed by atoms with van der Waals surface area (Å²) in [5, 5.41) is 22.9. The summed E-state index contributed by atoms with van der Waals surface area (Å²) in [5.74, 6) is -1.02. The van der Waals surface area contributed by atoms with Crippen LogP contribution in [0.3, 0.4) is 0 Å². The molecule has 1 aromatic rings. The van der Waals surface area contributed by atoms with Crippen molar-refractivity contribution in [3.63, 3.8) is 0 Å². The van der Waals surface area contributed by atoms with E-state index in [0.29, 0.717) is 32.2 Å². The van der Waals surface area contributed by atoms with E-state index in [4.69, 9.17) is 5.11 Å². The van der Waals surface area contributed by atoms with Crippen molar-refractivity contribution in [3.8, 4) is 0 Å². The number of rotatable bonds is 4. The number of carboxylic acid groups (broad SMARTS) is 1. The number of fused-ring (bicyclic) bond motifs is 1. The van der Waals surface area contributed by atoms with Crippen LogP contribution in [-0.2, 0) is 17.6 Å². The number of carbonyl (C=O) groups is 1. The Balaban J connectivity index is 1.56. The summed E-state index contributed by atoms with van der Waals surface area (Å²) < 4.78 is 0. The average molecular weight is 289 g/mol. The normalized spacial score (nSPS) is 28.1. The summed E-state index contributed by atoms with van der Waals surface area (Å²) in [5.41, 5.74) is 3.15. The van der Waals surface area contributed by atoms with Gasteiger partial charge in [-0.2, -0.15) is 0 Å². The van der Waals surface area contributed by atoms with Crippen LogP contribution in [0, 0.1) is 5.92 Å². The van der Waals surface area contributed by atoms with Gasteiger partial charge in [0.1, 0.15) is 0 Å². The first-order valence-corrected chi connectivity index (χ1v) is 7.87. The third-order valence-corrected chi connectivity index (χ3v) is 4.99. The summed E-state index contributed by atoms with van der Waals surface area (Å²) in [6.45, 7) is 0.498. The van der Waals surface area contributed by atoms with Gasteiger partial charge in [0, 0.05) is 12.2 Å². The van der Waals surface area contributed by atoms with E-state index in [2.05, 4.69) is 23.5 Å². The third-order valence-electron chi connectivity index (χ3n) is 4.99. The molecule has 3 rings (SSSR count). The van der Waals surface area contributed by atoms with Gasteiger partial charge in [0.25, 0.3) is 0 Å². The largest absolute Gasteiger partial charge is 0.481 e. The van der Waals surface area contributed by atoms with Gasteiger partial charge < -0.3 is 15.5 Å². The van der Waals surface area contributed by atoms with Crippen LogP contribution in [0.1, 0.15) is 43.2 Å². The van der Waals surface area contributed by atoms with Gasteiger partial charge in [0.2, 0.25) is 0 Å². The Morgan fingerprint density at radius 2 is 1.95 bits per heavy atom. The second kappa shape index (κ2) is 5.68. The average Bonchev–Trinajstić information content (AvgIpc) is 2.93. The Morgan fingerprint density at radius 3 is 2.67 bits per heavy atom.